The lowest BCUT2D eigenvalue weighted by Gasteiger charge is -2.13. The van der Waals surface area contributed by atoms with Crippen molar-refractivity contribution in [2.45, 2.75) is 57.6 Å². The van der Waals surface area contributed by atoms with Gasteiger partial charge in [-0.25, -0.2) is 0 Å². The van der Waals surface area contributed by atoms with Gasteiger partial charge < -0.3 is 5.32 Å². The zero-order valence-corrected chi connectivity index (χ0v) is 19.6. The Bertz CT molecular complexity index is 1360. The van der Waals surface area contributed by atoms with Crippen LogP contribution in [0.1, 0.15) is 48.7 Å². The molecular formula is C24H27N5O2S. The average Bonchev–Trinajstić information content (AvgIpc) is 3.18. The summed E-state index contributed by atoms with van der Waals surface area (Å²) in [7, 11) is 0. The average molecular weight is 450 g/mol. The first-order chi connectivity index (χ1) is 15.4. The minimum absolute atomic E-state index is 0.0196. The van der Waals surface area contributed by atoms with E-state index in [1.807, 2.05) is 31.2 Å². The van der Waals surface area contributed by atoms with Crippen molar-refractivity contribution in [2.24, 2.45) is 0 Å². The van der Waals surface area contributed by atoms with Crippen molar-refractivity contribution in [1.82, 2.24) is 24.5 Å². The maximum atomic E-state index is 13.2. The molecule has 0 saturated carbocycles. The van der Waals surface area contributed by atoms with Gasteiger partial charge in [-0.05, 0) is 51.0 Å². The van der Waals surface area contributed by atoms with Gasteiger partial charge in [-0.3, -0.25) is 18.6 Å². The monoisotopic (exact) mass is 449 g/mol. The standard InChI is InChI=1S/C24H27N5O2S/c1-5-11-28-22(31)19-10-9-18(21(30)25-15(2)3)13-20(19)29-23(28)26-27-24(29)32-14-17-8-6-7-16(4)12-17/h6-10,12-13,15H,5,11,14H2,1-4H3,(H,25,30). The fourth-order valence-corrected chi connectivity index (χ4v) is 4.62. The number of benzene rings is 2. The van der Waals surface area contributed by atoms with E-state index in [4.69, 9.17) is 0 Å². The molecular weight excluding hydrogens is 422 g/mol. The van der Waals surface area contributed by atoms with E-state index in [1.165, 1.54) is 11.1 Å². The molecule has 2 aromatic heterocycles. The van der Waals surface area contributed by atoms with E-state index in [9.17, 15) is 9.59 Å². The fourth-order valence-electron chi connectivity index (χ4n) is 3.74. The topological polar surface area (TPSA) is 81.3 Å². The number of hydrogen-bond donors (Lipinski definition) is 1. The van der Waals surface area contributed by atoms with E-state index < -0.39 is 0 Å². The number of carbonyl (C=O) groups is 1. The summed E-state index contributed by atoms with van der Waals surface area (Å²) in [6.07, 6.45) is 0.800. The molecule has 0 atom stereocenters. The molecule has 1 amide bonds. The third-order valence-corrected chi connectivity index (χ3v) is 6.15. The number of aromatic nitrogens is 4. The Labute approximate surface area is 190 Å². The highest BCUT2D eigenvalue weighted by Gasteiger charge is 2.18. The smallest absolute Gasteiger partial charge is 0.262 e. The molecule has 0 fully saturated rings. The molecule has 4 rings (SSSR count). The lowest BCUT2D eigenvalue weighted by Crippen LogP contribution is -2.30. The predicted octanol–water partition coefficient (Wildman–Crippen LogP) is 4.19. The molecule has 166 valence electrons. The molecule has 1 N–H and O–H groups in total. The lowest BCUT2D eigenvalue weighted by atomic mass is 10.1. The summed E-state index contributed by atoms with van der Waals surface area (Å²) in [5.74, 6) is 1.05. The summed E-state index contributed by atoms with van der Waals surface area (Å²) in [6, 6.07) is 13.6. The summed E-state index contributed by atoms with van der Waals surface area (Å²) < 4.78 is 3.57. The van der Waals surface area contributed by atoms with Gasteiger partial charge in [0.05, 0.1) is 10.9 Å². The Kier molecular flexibility index (Phi) is 6.32. The maximum absolute atomic E-state index is 13.2. The van der Waals surface area contributed by atoms with Crippen molar-refractivity contribution in [3.8, 4) is 0 Å². The quantitative estimate of drug-likeness (QED) is 0.428. The summed E-state index contributed by atoms with van der Waals surface area (Å²) in [5, 5.41) is 12.9. The van der Waals surface area contributed by atoms with Gasteiger partial charge in [0.2, 0.25) is 5.78 Å². The van der Waals surface area contributed by atoms with Gasteiger partial charge in [-0.15, -0.1) is 10.2 Å². The molecule has 0 saturated heterocycles. The molecule has 0 radical (unpaired) electrons. The first-order valence-corrected chi connectivity index (χ1v) is 11.8. The van der Waals surface area contributed by atoms with E-state index in [2.05, 4.69) is 40.6 Å². The van der Waals surface area contributed by atoms with Crippen LogP contribution in [0, 0.1) is 6.92 Å². The van der Waals surface area contributed by atoms with E-state index in [0.29, 0.717) is 33.9 Å². The van der Waals surface area contributed by atoms with E-state index in [0.717, 1.165) is 12.2 Å². The Hall–Kier alpha value is -3.13. The van der Waals surface area contributed by atoms with Crippen molar-refractivity contribution < 1.29 is 4.79 Å². The van der Waals surface area contributed by atoms with Crippen LogP contribution in [0.5, 0.6) is 0 Å². The molecule has 7 nitrogen and oxygen atoms in total. The molecule has 0 aliphatic heterocycles. The van der Waals surface area contributed by atoms with Crippen molar-refractivity contribution in [1.29, 1.82) is 0 Å². The third-order valence-electron chi connectivity index (χ3n) is 5.15. The van der Waals surface area contributed by atoms with Crippen LogP contribution in [-0.2, 0) is 12.3 Å². The van der Waals surface area contributed by atoms with Crippen LogP contribution in [0.4, 0.5) is 0 Å². The van der Waals surface area contributed by atoms with Crippen LogP contribution in [-0.4, -0.2) is 31.1 Å². The predicted molar refractivity (Wildman–Crippen MR) is 128 cm³/mol. The first kappa shape index (κ1) is 22.1. The minimum Gasteiger partial charge on any atom is -0.350 e. The Morgan fingerprint density at radius 2 is 1.97 bits per heavy atom. The number of rotatable bonds is 7. The third kappa shape index (κ3) is 4.27. The number of carbonyl (C=O) groups excluding carboxylic acids is 1. The van der Waals surface area contributed by atoms with Crippen molar-refractivity contribution in [3.05, 3.63) is 69.5 Å². The van der Waals surface area contributed by atoms with Crippen LogP contribution < -0.4 is 10.9 Å². The van der Waals surface area contributed by atoms with Crippen molar-refractivity contribution in [2.75, 3.05) is 0 Å². The molecule has 0 aliphatic rings. The zero-order chi connectivity index (χ0) is 22.8. The number of fused-ring (bicyclic) bond motifs is 3. The molecule has 0 aliphatic carbocycles. The number of nitrogens with one attached hydrogen (secondary N) is 1. The summed E-state index contributed by atoms with van der Waals surface area (Å²) in [6.45, 7) is 8.48. The van der Waals surface area contributed by atoms with Gasteiger partial charge in [0.1, 0.15) is 0 Å². The summed E-state index contributed by atoms with van der Waals surface area (Å²) >= 11 is 1.56. The SMILES string of the molecule is CCCn1c(=O)c2ccc(C(=O)NC(C)C)cc2n2c(SCc3cccc(C)c3)nnc12. The second-order valence-corrected chi connectivity index (χ2v) is 9.16. The second-order valence-electron chi connectivity index (χ2n) is 8.21. The first-order valence-electron chi connectivity index (χ1n) is 10.8. The zero-order valence-electron chi connectivity index (χ0n) is 18.8. The van der Waals surface area contributed by atoms with E-state index >= 15 is 0 Å². The van der Waals surface area contributed by atoms with Gasteiger partial charge in [-0.1, -0.05) is 48.5 Å². The largest absolute Gasteiger partial charge is 0.350 e. The summed E-state index contributed by atoms with van der Waals surface area (Å²) in [4.78, 5) is 25.8. The van der Waals surface area contributed by atoms with Gasteiger partial charge >= 0.3 is 0 Å². The normalized spacial score (nSPS) is 11.5. The fraction of sp³-hybridized carbons (Fsp3) is 0.333. The minimum atomic E-state index is -0.171. The van der Waals surface area contributed by atoms with E-state index in [1.54, 1.807) is 34.5 Å². The Morgan fingerprint density at radius 3 is 2.69 bits per heavy atom. The molecule has 0 bridgehead atoms. The van der Waals surface area contributed by atoms with Crippen molar-refractivity contribution in [3.63, 3.8) is 0 Å². The Morgan fingerprint density at radius 1 is 1.16 bits per heavy atom. The lowest BCUT2D eigenvalue weighted by molar-refractivity contribution is 0.0943. The number of nitrogens with zero attached hydrogens (tertiary/aromatic N) is 4. The van der Waals surface area contributed by atoms with Crippen molar-refractivity contribution >= 4 is 34.3 Å². The maximum Gasteiger partial charge on any atom is 0.262 e. The number of aryl methyl sites for hydroxylation is 2. The van der Waals surface area contributed by atoms with Crippen LogP contribution in [0.2, 0.25) is 0 Å². The van der Waals surface area contributed by atoms with Crippen LogP contribution >= 0.6 is 11.8 Å². The second kappa shape index (κ2) is 9.16. The molecule has 0 unspecified atom stereocenters. The van der Waals surface area contributed by atoms with Crippen LogP contribution in [0.3, 0.4) is 0 Å². The number of amides is 1. The molecule has 2 heterocycles. The number of thioether (sulfide) groups is 1. The molecule has 4 aromatic rings. The highest BCUT2D eigenvalue weighted by atomic mass is 32.2. The highest BCUT2D eigenvalue weighted by molar-refractivity contribution is 7.98. The van der Waals surface area contributed by atoms with Gasteiger partial charge in [-0.2, -0.15) is 0 Å². The molecule has 8 heteroatoms. The van der Waals surface area contributed by atoms with E-state index in [-0.39, 0.29) is 17.5 Å². The van der Waals surface area contributed by atoms with Crippen LogP contribution in [0.15, 0.2) is 52.4 Å². The molecule has 32 heavy (non-hydrogen) atoms. The van der Waals surface area contributed by atoms with Gasteiger partial charge in [0, 0.05) is 23.9 Å². The van der Waals surface area contributed by atoms with Crippen LogP contribution in [0.25, 0.3) is 16.7 Å². The molecule has 0 spiro atoms. The molecule has 2 aromatic carbocycles. The Balaban J connectivity index is 1.87. The van der Waals surface area contributed by atoms with Gasteiger partial charge in [0.15, 0.2) is 5.16 Å². The number of hydrogen-bond acceptors (Lipinski definition) is 5. The summed E-state index contributed by atoms with van der Waals surface area (Å²) in [5.41, 5.74) is 3.42. The highest BCUT2D eigenvalue weighted by Crippen LogP contribution is 2.25. The van der Waals surface area contributed by atoms with Gasteiger partial charge in [0.25, 0.3) is 11.5 Å².